The molecule has 4 rings (SSSR count). The third-order valence-electron chi connectivity index (χ3n) is 5.62. The highest BCUT2D eigenvalue weighted by molar-refractivity contribution is 6.51. The van der Waals surface area contributed by atoms with Gasteiger partial charge in [0, 0.05) is 16.8 Å². The van der Waals surface area contributed by atoms with Gasteiger partial charge in [0.15, 0.2) is 0 Å². The van der Waals surface area contributed by atoms with E-state index in [9.17, 15) is 19.1 Å². The van der Waals surface area contributed by atoms with Crippen molar-refractivity contribution in [2.45, 2.75) is 19.9 Å². The monoisotopic (exact) mass is 431 g/mol. The number of rotatable bonds is 4. The lowest BCUT2D eigenvalue weighted by Gasteiger charge is -2.26. The second-order valence-electron chi connectivity index (χ2n) is 7.71. The lowest BCUT2D eigenvalue weighted by molar-refractivity contribution is -0.132. The van der Waals surface area contributed by atoms with Gasteiger partial charge in [0.1, 0.15) is 17.3 Å². The van der Waals surface area contributed by atoms with Crippen molar-refractivity contribution in [3.05, 3.63) is 100 Å². The fourth-order valence-corrected chi connectivity index (χ4v) is 3.98. The predicted molar refractivity (Wildman–Crippen MR) is 120 cm³/mol. The number of carbonyl (C=O) groups is 2. The highest BCUT2D eigenvalue weighted by Crippen LogP contribution is 2.43. The first-order valence-corrected chi connectivity index (χ1v) is 10.1. The maximum absolute atomic E-state index is 14.9. The number of carbonyl (C=O) groups excluding carboxylic acids is 2. The van der Waals surface area contributed by atoms with Gasteiger partial charge < -0.3 is 9.84 Å². The number of methoxy groups -OCH3 is 1. The lowest BCUT2D eigenvalue weighted by atomic mass is 9.94. The van der Waals surface area contributed by atoms with E-state index in [1.54, 1.807) is 55.5 Å². The first-order chi connectivity index (χ1) is 15.3. The molecule has 1 amide bonds. The summed E-state index contributed by atoms with van der Waals surface area (Å²) in [6, 6.07) is 16.8. The highest BCUT2D eigenvalue weighted by Gasteiger charge is 2.47. The summed E-state index contributed by atoms with van der Waals surface area (Å²) in [7, 11) is 1.53. The molecule has 5 nitrogen and oxygen atoms in total. The van der Waals surface area contributed by atoms with Crippen molar-refractivity contribution in [2.75, 3.05) is 12.0 Å². The van der Waals surface area contributed by atoms with Gasteiger partial charge in [0.2, 0.25) is 0 Å². The van der Waals surface area contributed by atoms with E-state index in [-0.39, 0.29) is 16.9 Å². The van der Waals surface area contributed by atoms with Crippen LogP contribution in [0.25, 0.3) is 5.76 Å². The number of ether oxygens (including phenoxy) is 1. The molecule has 0 bridgehead atoms. The number of Topliss-reactive ketones (excluding diaryl/α,β-unsaturated/α-hetero) is 1. The van der Waals surface area contributed by atoms with Crippen molar-refractivity contribution >= 4 is 23.1 Å². The van der Waals surface area contributed by atoms with Crippen LogP contribution in [0.3, 0.4) is 0 Å². The van der Waals surface area contributed by atoms with E-state index in [0.29, 0.717) is 17.0 Å². The molecule has 1 saturated heterocycles. The number of aryl methyl sites for hydroxylation is 2. The molecular formula is C26H22FNO4. The fraction of sp³-hybridized carbons (Fsp3) is 0.154. The molecule has 1 aliphatic heterocycles. The van der Waals surface area contributed by atoms with Crippen molar-refractivity contribution in [1.29, 1.82) is 0 Å². The molecule has 1 heterocycles. The number of anilines is 1. The Labute approximate surface area is 185 Å². The van der Waals surface area contributed by atoms with Gasteiger partial charge in [-0.3, -0.25) is 14.5 Å². The molecular weight excluding hydrogens is 409 g/mol. The van der Waals surface area contributed by atoms with Gasteiger partial charge in [-0.25, -0.2) is 4.39 Å². The highest BCUT2D eigenvalue weighted by atomic mass is 19.1. The second kappa shape index (κ2) is 8.30. The Morgan fingerprint density at radius 2 is 1.69 bits per heavy atom. The minimum atomic E-state index is -1.11. The minimum absolute atomic E-state index is 0.124. The van der Waals surface area contributed by atoms with Crippen molar-refractivity contribution in [3.63, 3.8) is 0 Å². The molecule has 6 heteroatoms. The Balaban J connectivity index is 1.96. The summed E-state index contributed by atoms with van der Waals surface area (Å²) in [5, 5.41) is 11.1. The van der Waals surface area contributed by atoms with E-state index in [1.165, 1.54) is 30.2 Å². The number of aliphatic hydroxyl groups excluding tert-OH is 1. The number of ketones is 1. The van der Waals surface area contributed by atoms with Gasteiger partial charge in [0.05, 0.1) is 18.7 Å². The van der Waals surface area contributed by atoms with Crippen molar-refractivity contribution in [3.8, 4) is 5.75 Å². The summed E-state index contributed by atoms with van der Waals surface area (Å²) >= 11 is 0. The summed E-state index contributed by atoms with van der Waals surface area (Å²) in [4.78, 5) is 27.4. The summed E-state index contributed by atoms with van der Waals surface area (Å²) in [6.07, 6.45) is 0. The van der Waals surface area contributed by atoms with Gasteiger partial charge in [-0.05, 0) is 55.8 Å². The normalized spacial score (nSPS) is 17.6. The quantitative estimate of drug-likeness (QED) is 0.356. The maximum Gasteiger partial charge on any atom is 0.300 e. The molecule has 0 spiro atoms. The molecule has 1 fully saturated rings. The maximum atomic E-state index is 14.9. The van der Waals surface area contributed by atoms with Crippen molar-refractivity contribution in [2.24, 2.45) is 0 Å². The molecule has 1 atom stereocenters. The molecule has 3 aromatic rings. The van der Waals surface area contributed by atoms with Crippen LogP contribution >= 0.6 is 0 Å². The number of hydrogen-bond acceptors (Lipinski definition) is 4. The number of halogens is 1. The molecule has 0 radical (unpaired) electrons. The number of amides is 1. The zero-order chi connectivity index (χ0) is 23.0. The molecule has 162 valence electrons. The average molecular weight is 431 g/mol. The SMILES string of the molecule is COc1ccc(/C(O)=C2\C(=O)C(=O)N(c3ccc(C)cc3)C2c2ccccc2F)cc1C. The Morgan fingerprint density at radius 1 is 1.00 bits per heavy atom. The predicted octanol–water partition coefficient (Wildman–Crippen LogP) is 5.08. The summed E-state index contributed by atoms with van der Waals surface area (Å²) < 4.78 is 20.1. The Hall–Kier alpha value is -3.93. The number of hydrogen-bond donors (Lipinski definition) is 1. The number of nitrogens with zero attached hydrogens (tertiary/aromatic N) is 1. The van der Waals surface area contributed by atoms with Crippen molar-refractivity contribution < 1.29 is 23.8 Å². The average Bonchev–Trinajstić information content (AvgIpc) is 3.04. The van der Waals surface area contributed by atoms with Gasteiger partial charge in [-0.15, -0.1) is 0 Å². The molecule has 1 N–H and O–H groups in total. The summed E-state index contributed by atoms with van der Waals surface area (Å²) in [6.45, 7) is 3.70. The molecule has 0 saturated carbocycles. The standard InChI is InChI=1S/C26H22FNO4/c1-15-8-11-18(12-9-15)28-23(19-6-4-5-7-20(19)27)22(25(30)26(28)31)24(29)17-10-13-21(32-3)16(2)14-17/h4-14,23,29H,1-3H3/b24-22+. The number of aliphatic hydroxyl groups is 1. The Kier molecular flexibility index (Phi) is 5.53. The Morgan fingerprint density at radius 3 is 2.31 bits per heavy atom. The zero-order valence-corrected chi connectivity index (χ0v) is 17.9. The minimum Gasteiger partial charge on any atom is -0.507 e. The number of benzene rings is 3. The first-order valence-electron chi connectivity index (χ1n) is 10.1. The molecule has 0 aliphatic carbocycles. The largest absolute Gasteiger partial charge is 0.507 e. The van der Waals surface area contributed by atoms with E-state index in [1.807, 2.05) is 6.92 Å². The van der Waals surface area contributed by atoms with Crippen LogP contribution in [-0.4, -0.2) is 23.9 Å². The summed E-state index contributed by atoms with van der Waals surface area (Å²) in [5.41, 5.74) is 2.46. The van der Waals surface area contributed by atoms with E-state index in [2.05, 4.69) is 0 Å². The lowest BCUT2D eigenvalue weighted by Crippen LogP contribution is -2.29. The van der Waals surface area contributed by atoms with Gasteiger partial charge >= 0.3 is 0 Å². The molecule has 3 aromatic carbocycles. The molecule has 1 unspecified atom stereocenters. The van der Waals surface area contributed by atoms with Crippen LogP contribution in [0.5, 0.6) is 5.75 Å². The molecule has 1 aliphatic rings. The van der Waals surface area contributed by atoms with Gasteiger partial charge in [-0.1, -0.05) is 35.9 Å². The first kappa shape index (κ1) is 21.3. The van der Waals surface area contributed by atoms with Crippen LogP contribution in [0.1, 0.15) is 28.3 Å². The zero-order valence-electron chi connectivity index (χ0n) is 17.9. The van der Waals surface area contributed by atoms with Crippen LogP contribution in [0, 0.1) is 19.7 Å². The third-order valence-corrected chi connectivity index (χ3v) is 5.62. The van der Waals surface area contributed by atoms with E-state index in [4.69, 9.17) is 4.74 Å². The fourth-order valence-electron chi connectivity index (χ4n) is 3.98. The van der Waals surface area contributed by atoms with Crippen LogP contribution in [0.15, 0.2) is 72.3 Å². The third kappa shape index (κ3) is 3.54. The van der Waals surface area contributed by atoms with Gasteiger partial charge in [-0.2, -0.15) is 0 Å². The molecule has 0 aromatic heterocycles. The second-order valence-corrected chi connectivity index (χ2v) is 7.71. The molecule has 32 heavy (non-hydrogen) atoms. The smallest absolute Gasteiger partial charge is 0.300 e. The topological polar surface area (TPSA) is 66.8 Å². The van der Waals surface area contributed by atoms with Crippen LogP contribution in [-0.2, 0) is 9.59 Å². The van der Waals surface area contributed by atoms with Crippen LogP contribution in [0.2, 0.25) is 0 Å². The van der Waals surface area contributed by atoms with E-state index >= 15 is 0 Å². The van der Waals surface area contributed by atoms with E-state index < -0.39 is 23.5 Å². The van der Waals surface area contributed by atoms with Crippen LogP contribution in [0.4, 0.5) is 10.1 Å². The summed E-state index contributed by atoms with van der Waals surface area (Å²) in [5.74, 6) is -2.02. The van der Waals surface area contributed by atoms with Gasteiger partial charge in [0.25, 0.3) is 11.7 Å². The van der Waals surface area contributed by atoms with E-state index in [0.717, 1.165) is 11.1 Å². The van der Waals surface area contributed by atoms with Crippen molar-refractivity contribution in [1.82, 2.24) is 0 Å². The van der Waals surface area contributed by atoms with Crippen LogP contribution < -0.4 is 9.64 Å². The Bertz CT molecular complexity index is 1250.